The number of hydrogen-bond donors (Lipinski definition) is 1. The molecule has 2 rings (SSSR count). The first-order chi connectivity index (χ1) is 9.65. The molecule has 4 heteroatoms. The molecular weight excluding hydrogens is 252 g/mol. The van der Waals surface area contributed by atoms with Crippen molar-refractivity contribution in [2.24, 2.45) is 11.7 Å². The third kappa shape index (κ3) is 3.31. The average Bonchev–Trinajstić information content (AvgIpc) is 2.96. The van der Waals surface area contributed by atoms with Crippen molar-refractivity contribution < 1.29 is 9.53 Å². The van der Waals surface area contributed by atoms with Crippen molar-refractivity contribution in [2.45, 2.75) is 32.2 Å². The van der Waals surface area contributed by atoms with E-state index in [1.54, 1.807) is 7.11 Å². The summed E-state index contributed by atoms with van der Waals surface area (Å²) < 4.78 is 5.18. The lowest BCUT2D eigenvalue weighted by molar-refractivity contribution is -0.133. The van der Waals surface area contributed by atoms with Gasteiger partial charge in [0.2, 0.25) is 5.91 Å². The Morgan fingerprint density at radius 3 is 2.75 bits per heavy atom. The number of benzene rings is 1. The van der Waals surface area contributed by atoms with Crippen LogP contribution in [0.15, 0.2) is 24.3 Å². The van der Waals surface area contributed by atoms with E-state index >= 15 is 0 Å². The van der Waals surface area contributed by atoms with Crippen molar-refractivity contribution in [3.05, 3.63) is 29.8 Å². The molecule has 0 aromatic heterocycles. The summed E-state index contributed by atoms with van der Waals surface area (Å²) in [5, 5.41) is 0. The smallest absolute Gasteiger partial charge is 0.223 e. The molecule has 0 bridgehead atoms. The van der Waals surface area contributed by atoms with Gasteiger partial charge in [0.1, 0.15) is 5.75 Å². The van der Waals surface area contributed by atoms with E-state index in [0.717, 1.165) is 25.1 Å². The Hall–Kier alpha value is -1.55. The Morgan fingerprint density at radius 1 is 1.45 bits per heavy atom. The summed E-state index contributed by atoms with van der Waals surface area (Å²) in [6, 6.07) is 8.24. The normalized spacial score (nSPS) is 19.9. The second-order valence-electron chi connectivity index (χ2n) is 5.56. The molecule has 1 aromatic carbocycles. The molecule has 1 saturated heterocycles. The Morgan fingerprint density at radius 2 is 2.15 bits per heavy atom. The zero-order valence-electron chi connectivity index (χ0n) is 12.3. The van der Waals surface area contributed by atoms with Gasteiger partial charge in [0.05, 0.1) is 13.2 Å². The van der Waals surface area contributed by atoms with Gasteiger partial charge >= 0.3 is 0 Å². The van der Waals surface area contributed by atoms with E-state index in [9.17, 15) is 4.79 Å². The van der Waals surface area contributed by atoms with Crippen molar-refractivity contribution in [1.82, 2.24) is 4.90 Å². The highest BCUT2D eigenvalue weighted by Gasteiger charge is 2.30. The summed E-state index contributed by atoms with van der Waals surface area (Å²) in [4.78, 5) is 14.4. The molecule has 0 saturated carbocycles. The second-order valence-corrected chi connectivity index (χ2v) is 5.56. The van der Waals surface area contributed by atoms with Gasteiger partial charge < -0.3 is 15.4 Å². The Bertz CT molecular complexity index is 444. The van der Waals surface area contributed by atoms with Crippen LogP contribution in [0, 0.1) is 5.92 Å². The summed E-state index contributed by atoms with van der Waals surface area (Å²) in [6.07, 6.45) is 2.65. The molecule has 4 nitrogen and oxygen atoms in total. The van der Waals surface area contributed by atoms with Crippen LogP contribution < -0.4 is 10.5 Å². The van der Waals surface area contributed by atoms with Gasteiger partial charge in [-0.15, -0.1) is 0 Å². The molecule has 20 heavy (non-hydrogen) atoms. The lowest BCUT2D eigenvalue weighted by Crippen LogP contribution is -2.32. The number of carbonyl (C=O) groups is 1. The minimum atomic E-state index is 0.207. The molecule has 2 N–H and O–H groups in total. The molecule has 0 spiro atoms. The number of carbonyl (C=O) groups excluding carboxylic acids is 1. The molecule has 0 radical (unpaired) electrons. The van der Waals surface area contributed by atoms with Crippen molar-refractivity contribution >= 4 is 5.91 Å². The number of methoxy groups -OCH3 is 1. The summed E-state index contributed by atoms with van der Waals surface area (Å²) in [5.41, 5.74) is 6.80. The van der Waals surface area contributed by atoms with Gasteiger partial charge in [-0.05, 0) is 43.0 Å². The lowest BCUT2D eigenvalue weighted by Gasteiger charge is -2.26. The molecule has 1 aliphatic heterocycles. The zero-order valence-corrected chi connectivity index (χ0v) is 12.3. The highest BCUT2D eigenvalue weighted by atomic mass is 16.5. The summed E-state index contributed by atoms with van der Waals surface area (Å²) in [5.74, 6) is 1.32. The predicted octanol–water partition coefficient (Wildman–Crippen LogP) is 2.34. The molecule has 1 aliphatic rings. The zero-order chi connectivity index (χ0) is 14.5. The fourth-order valence-corrected chi connectivity index (χ4v) is 2.74. The SMILES string of the molecule is COc1ccc(C2CCCN2C(=O)CC(C)CN)cc1. The number of nitrogens with two attached hydrogens (primary N) is 1. The van der Waals surface area contributed by atoms with Gasteiger partial charge in [-0.25, -0.2) is 0 Å². The summed E-state index contributed by atoms with van der Waals surface area (Å²) >= 11 is 0. The van der Waals surface area contributed by atoms with Gasteiger partial charge in [-0.1, -0.05) is 19.1 Å². The molecule has 0 aliphatic carbocycles. The fourth-order valence-electron chi connectivity index (χ4n) is 2.74. The third-order valence-electron chi connectivity index (χ3n) is 4.00. The molecule has 1 aromatic rings. The highest BCUT2D eigenvalue weighted by molar-refractivity contribution is 5.77. The van der Waals surface area contributed by atoms with Crippen LogP contribution in [0.2, 0.25) is 0 Å². The monoisotopic (exact) mass is 276 g/mol. The van der Waals surface area contributed by atoms with Crippen LogP contribution in [0.3, 0.4) is 0 Å². The number of rotatable bonds is 5. The van der Waals surface area contributed by atoms with Crippen molar-refractivity contribution in [2.75, 3.05) is 20.2 Å². The summed E-state index contributed by atoms with van der Waals surface area (Å²) in [7, 11) is 1.66. The number of ether oxygens (including phenoxy) is 1. The number of amides is 1. The van der Waals surface area contributed by atoms with E-state index in [-0.39, 0.29) is 17.9 Å². The first-order valence-electron chi connectivity index (χ1n) is 7.29. The average molecular weight is 276 g/mol. The quantitative estimate of drug-likeness (QED) is 0.898. The van der Waals surface area contributed by atoms with E-state index in [0.29, 0.717) is 13.0 Å². The van der Waals surface area contributed by atoms with Crippen LogP contribution in [0.4, 0.5) is 0 Å². The largest absolute Gasteiger partial charge is 0.497 e. The molecule has 1 heterocycles. The molecule has 2 atom stereocenters. The van der Waals surface area contributed by atoms with Crippen molar-refractivity contribution in [1.29, 1.82) is 0 Å². The predicted molar refractivity (Wildman–Crippen MR) is 79.5 cm³/mol. The van der Waals surface area contributed by atoms with Crippen LogP contribution in [0.1, 0.15) is 37.8 Å². The highest BCUT2D eigenvalue weighted by Crippen LogP contribution is 2.33. The van der Waals surface area contributed by atoms with Gasteiger partial charge in [0.15, 0.2) is 0 Å². The van der Waals surface area contributed by atoms with E-state index in [4.69, 9.17) is 10.5 Å². The van der Waals surface area contributed by atoms with E-state index < -0.39 is 0 Å². The van der Waals surface area contributed by atoms with Gasteiger partial charge in [0.25, 0.3) is 0 Å². The number of likely N-dealkylation sites (tertiary alicyclic amines) is 1. The van der Waals surface area contributed by atoms with Crippen LogP contribution >= 0.6 is 0 Å². The minimum absolute atomic E-state index is 0.207. The number of hydrogen-bond acceptors (Lipinski definition) is 3. The molecule has 1 fully saturated rings. The maximum atomic E-state index is 12.4. The first-order valence-corrected chi connectivity index (χ1v) is 7.29. The summed E-state index contributed by atoms with van der Waals surface area (Å²) in [6.45, 7) is 3.44. The van der Waals surface area contributed by atoms with Gasteiger partial charge in [-0.3, -0.25) is 4.79 Å². The topological polar surface area (TPSA) is 55.6 Å². The third-order valence-corrected chi connectivity index (χ3v) is 4.00. The number of nitrogens with zero attached hydrogens (tertiary/aromatic N) is 1. The van der Waals surface area contributed by atoms with E-state index in [1.165, 1.54) is 5.56 Å². The van der Waals surface area contributed by atoms with Crippen LogP contribution in [0.5, 0.6) is 5.75 Å². The lowest BCUT2D eigenvalue weighted by atomic mass is 10.0. The molecule has 2 unspecified atom stereocenters. The fraction of sp³-hybridized carbons (Fsp3) is 0.562. The Kier molecular flexibility index (Phi) is 5.01. The Balaban J connectivity index is 2.07. The Labute approximate surface area is 120 Å². The molecular formula is C16H24N2O2. The second kappa shape index (κ2) is 6.75. The first kappa shape index (κ1) is 14.9. The van der Waals surface area contributed by atoms with Crippen LogP contribution in [-0.4, -0.2) is 31.0 Å². The van der Waals surface area contributed by atoms with E-state index in [2.05, 4.69) is 12.1 Å². The molecule has 110 valence electrons. The van der Waals surface area contributed by atoms with Crippen molar-refractivity contribution in [3.8, 4) is 5.75 Å². The minimum Gasteiger partial charge on any atom is -0.497 e. The van der Waals surface area contributed by atoms with Crippen LogP contribution in [0.25, 0.3) is 0 Å². The molecule has 1 amide bonds. The maximum Gasteiger partial charge on any atom is 0.223 e. The van der Waals surface area contributed by atoms with Gasteiger partial charge in [0, 0.05) is 13.0 Å². The van der Waals surface area contributed by atoms with Crippen LogP contribution in [-0.2, 0) is 4.79 Å². The van der Waals surface area contributed by atoms with E-state index in [1.807, 2.05) is 24.0 Å². The van der Waals surface area contributed by atoms with Gasteiger partial charge in [-0.2, -0.15) is 0 Å². The maximum absolute atomic E-state index is 12.4. The van der Waals surface area contributed by atoms with Crippen molar-refractivity contribution in [3.63, 3.8) is 0 Å². The standard InChI is InChI=1S/C16H24N2O2/c1-12(11-17)10-16(19)18-9-3-4-15(18)13-5-7-14(20-2)8-6-13/h5-8,12,15H,3-4,9-11,17H2,1-2H3.